The van der Waals surface area contributed by atoms with E-state index in [9.17, 15) is 43.9 Å². The van der Waals surface area contributed by atoms with Gasteiger partial charge in [0, 0.05) is 24.0 Å². The highest BCUT2D eigenvalue weighted by molar-refractivity contribution is 7.89. The number of aliphatic imine (C=N–C) groups is 1. The van der Waals surface area contributed by atoms with Gasteiger partial charge in [-0.15, -0.1) is 0 Å². The van der Waals surface area contributed by atoms with Gasteiger partial charge in [0.2, 0.25) is 15.9 Å². The van der Waals surface area contributed by atoms with Crippen molar-refractivity contribution in [2.75, 3.05) is 13.1 Å². The maximum Gasteiger partial charge on any atom is 0.416 e. The number of hydrogen-bond donors (Lipinski definition) is 2. The Kier molecular flexibility index (Phi) is 7.16. The summed E-state index contributed by atoms with van der Waals surface area (Å²) in [5.74, 6) is -0.815. The summed E-state index contributed by atoms with van der Waals surface area (Å²) >= 11 is 0. The van der Waals surface area contributed by atoms with Crippen LogP contribution in [0.2, 0.25) is 0 Å². The second-order valence-corrected chi connectivity index (χ2v) is 13.3. The first-order valence-corrected chi connectivity index (χ1v) is 14.4. The molecule has 2 aromatic rings. The summed E-state index contributed by atoms with van der Waals surface area (Å²) in [5.41, 5.74) is -3.30. The number of amidine groups is 1. The predicted octanol–water partition coefficient (Wildman–Crippen LogP) is 4.79. The van der Waals surface area contributed by atoms with E-state index < -0.39 is 69.1 Å². The monoisotopic (exact) mass is 620 g/mol. The van der Waals surface area contributed by atoms with Crippen LogP contribution in [0, 0.1) is 11.2 Å². The highest BCUT2D eigenvalue weighted by Gasteiger charge is 2.75. The highest BCUT2D eigenvalue weighted by Crippen LogP contribution is 2.71. The zero-order valence-corrected chi connectivity index (χ0v) is 23.1. The molecule has 3 saturated carbocycles. The van der Waals surface area contributed by atoms with Gasteiger partial charge < -0.3 is 10.6 Å². The zero-order chi connectivity index (χ0) is 30.8. The number of benzene rings is 2. The molecule has 0 spiro atoms. The molecule has 2 aromatic carbocycles. The Morgan fingerprint density at radius 2 is 1.60 bits per heavy atom. The van der Waals surface area contributed by atoms with Crippen LogP contribution in [0.3, 0.4) is 0 Å². The number of alkyl halides is 6. The summed E-state index contributed by atoms with van der Waals surface area (Å²) in [6.07, 6.45) is -9.24. The van der Waals surface area contributed by atoms with E-state index >= 15 is 0 Å². The Balaban J connectivity index is 1.33. The fraction of sp³-hybridized carbons (Fsp3) is 0.481. The van der Waals surface area contributed by atoms with Gasteiger partial charge in [-0.05, 0) is 68.1 Å². The molecule has 1 amide bonds. The molecule has 1 aliphatic heterocycles. The lowest BCUT2D eigenvalue weighted by Crippen LogP contribution is -2.79. The van der Waals surface area contributed by atoms with Crippen molar-refractivity contribution >= 4 is 21.8 Å². The van der Waals surface area contributed by atoms with Crippen LogP contribution in [-0.4, -0.2) is 54.8 Å². The molecule has 1 atom stereocenters. The van der Waals surface area contributed by atoms with Crippen LogP contribution in [0.5, 0.6) is 0 Å². The van der Waals surface area contributed by atoms with Crippen molar-refractivity contribution in [3.05, 3.63) is 65.5 Å². The van der Waals surface area contributed by atoms with Gasteiger partial charge >= 0.3 is 12.4 Å². The molecular formula is C27H27F7N4O3S. The van der Waals surface area contributed by atoms with Crippen LogP contribution in [-0.2, 0) is 27.5 Å². The normalized spacial score (nSPS) is 27.1. The van der Waals surface area contributed by atoms with Crippen molar-refractivity contribution < 1.29 is 43.9 Å². The smallest absolute Gasteiger partial charge is 0.358 e. The van der Waals surface area contributed by atoms with E-state index in [2.05, 4.69) is 15.6 Å². The maximum absolute atomic E-state index is 13.8. The molecule has 7 nitrogen and oxygen atoms in total. The Bertz CT molecular complexity index is 1490. The van der Waals surface area contributed by atoms with E-state index in [1.165, 1.54) is 23.4 Å². The van der Waals surface area contributed by atoms with E-state index in [-0.39, 0.29) is 18.0 Å². The fourth-order valence-corrected chi connectivity index (χ4v) is 7.73. The molecular weight excluding hydrogens is 593 g/mol. The summed E-state index contributed by atoms with van der Waals surface area (Å²) in [6.45, 7) is 0.693. The number of nitrogens with zero attached hydrogens (tertiary/aromatic N) is 2. The molecule has 15 heteroatoms. The lowest BCUT2D eigenvalue weighted by molar-refractivity contribution is -0.151. The average Bonchev–Trinajstić information content (AvgIpc) is 3.24. The van der Waals surface area contributed by atoms with Gasteiger partial charge in [0.05, 0.1) is 23.4 Å². The van der Waals surface area contributed by atoms with Gasteiger partial charge in [-0.2, -0.15) is 30.6 Å². The maximum atomic E-state index is 13.8. The summed E-state index contributed by atoms with van der Waals surface area (Å²) in [7, 11) is -4.22. The minimum atomic E-state index is -4.56. The fourth-order valence-electron chi connectivity index (χ4n) is 5.98. The van der Waals surface area contributed by atoms with Crippen LogP contribution >= 0.6 is 0 Å². The summed E-state index contributed by atoms with van der Waals surface area (Å²) in [6, 6.07) is 8.42. The SMILES string of the molecule is C[C@]1(C(=O)NCCC(F)(F)F)CN=C(C23CC(N(Cc4ccc(C(F)(F)F)cc4)S(=O)(=O)c4ccc(F)cc4)(C2)C3)N1. The third-order valence-electron chi connectivity index (χ3n) is 8.19. The van der Waals surface area contributed by atoms with Crippen LogP contribution in [0.15, 0.2) is 58.4 Å². The second kappa shape index (κ2) is 9.93. The Labute approximate surface area is 237 Å². The third kappa shape index (κ3) is 5.48. The van der Waals surface area contributed by atoms with Crippen LogP contribution < -0.4 is 10.6 Å². The molecule has 42 heavy (non-hydrogen) atoms. The number of halogens is 7. The zero-order valence-electron chi connectivity index (χ0n) is 22.2. The standard InChI is InChI=1S/C27H27F7N4O3S/c1-23(22(39)35-11-10-26(29,30)31)16-36-21(37-23)24-13-25(14-24,15-24)38(42(40,41)20-8-6-19(28)7-9-20)12-17-2-4-18(5-3-17)27(32,33)34/h2-9H,10-16H2,1H3,(H,35,39)(H,36,37)/t23-,24?,25?/m1/s1. The number of carbonyl (C=O) groups is 1. The van der Waals surface area contributed by atoms with Crippen molar-refractivity contribution in [1.82, 2.24) is 14.9 Å². The highest BCUT2D eigenvalue weighted by atomic mass is 32.2. The van der Waals surface area contributed by atoms with Crippen molar-refractivity contribution in [2.24, 2.45) is 10.4 Å². The molecule has 0 aromatic heterocycles. The number of rotatable bonds is 9. The lowest BCUT2D eigenvalue weighted by atomic mass is 9.38. The number of hydrogen-bond acceptors (Lipinski definition) is 5. The Morgan fingerprint density at radius 1 is 1.00 bits per heavy atom. The largest absolute Gasteiger partial charge is 0.416 e. The first-order valence-electron chi connectivity index (χ1n) is 13.0. The molecule has 4 aliphatic rings. The van der Waals surface area contributed by atoms with Gasteiger partial charge in [-0.25, -0.2) is 12.8 Å². The Hall–Kier alpha value is -3.20. The third-order valence-corrected chi connectivity index (χ3v) is 10.2. The summed E-state index contributed by atoms with van der Waals surface area (Å²) in [5, 5.41) is 5.31. The predicted molar refractivity (Wildman–Crippen MR) is 137 cm³/mol. The minimum Gasteiger partial charge on any atom is -0.358 e. The number of carbonyl (C=O) groups excluding carboxylic acids is 1. The van der Waals surface area contributed by atoms with Gasteiger partial charge in [0.1, 0.15) is 17.2 Å². The molecule has 2 bridgehead atoms. The molecule has 228 valence electrons. The Morgan fingerprint density at radius 3 is 2.14 bits per heavy atom. The van der Waals surface area contributed by atoms with Crippen LogP contribution in [0.1, 0.15) is 43.7 Å². The molecule has 0 radical (unpaired) electrons. The topological polar surface area (TPSA) is 90.9 Å². The average molecular weight is 621 g/mol. The van der Waals surface area contributed by atoms with E-state index in [1.807, 2.05) is 0 Å². The van der Waals surface area contributed by atoms with Gasteiger partial charge in [-0.1, -0.05) is 12.1 Å². The van der Waals surface area contributed by atoms with Gasteiger partial charge in [0.15, 0.2) is 0 Å². The van der Waals surface area contributed by atoms with Crippen molar-refractivity contribution in [3.63, 3.8) is 0 Å². The van der Waals surface area contributed by atoms with Gasteiger partial charge in [-0.3, -0.25) is 9.79 Å². The first kappa shape index (κ1) is 30.3. The quantitative estimate of drug-likeness (QED) is 0.395. The van der Waals surface area contributed by atoms with Gasteiger partial charge in [0.25, 0.3) is 0 Å². The van der Waals surface area contributed by atoms with Crippen molar-refractivity contribution in [1.29, 1.82) is 0 Å². The first-order chi connectivity index (χ1) is 19.4. The molecule has 6 rings (SSSR count). The number of amides is 1. The van der Waals surface area contributed by atoms with Crippen LogP contribution in [0.25, 0.3) is 0 Å². The van der Waals surface area contributed by atoms with Crippen molar-refractivity contribution in [3.8, 4) is 0 Å². The molecule has 3 fully saturated rings. The van der Waals surface area contributed by atoms with E-state index in [1.54, 1.807) is 0 Å². The molecule has 0 unspecified atom stereocenters. The van der Waals surface area contributed by atoms with E-state index in [0.717, 1.165) is 36.4 Å². The summed E-state index contributed by atoms with van der Waals surface area (Å²) in [4.78, 5) is 16.9. The van der Waals surface area contributed by atoms with Crippen LogP contribution in [0.4, 0.5) is 30.7 Å². The van der Waals surface area contributed by atoms with E-state index in [4.69, 9.17) is 0 Å². The molecule has 3 aliphatic carbocycles. The molecule has 2 N–H and O–H groups in total. The minimum absolute atomic E-state index is 0.0158. The summed E-state index contributed by atoms with van der Waals surface area (Å²) < 4.78 is 119. The number of sulfonamides is 1. The molecule has 1 heterocycles. The molecule has 0 saturated heterocycles. The van der Waals surface area contributed by atoms with E-state index in [0.29, 0.717) is 30.7 Å². The lowest BCUT2D eigenvalue weighted by Gasteiger charge is -2.73. The number of nitrogens with one attached hydrogen (secondary N) is 2. The van der Waals surface area contributed by atoms with Crippen molar-refractivity contribution in [2.45, 2.75) is 67.5 Å². The second-order valence-electron chi connectivity index (χ2n) is 11.4.